The van der Waals surface area contributed by atoms with Crippen LogP contribution in [0.5, 0.6) is 11.5 Å². The molecule has 0 saturated heterocycles. The Morgan fingerprint density at radius 1 is 0.382 bits per heavy atom. The topological polar surface area (TPSA) is 22.3 Å². The molecule has 360 valence electrons. The highest BCUT2D eigenvalue weighted by atomic mass is 16.5. The number of para-hydroxylation sites is 4. The van der Waals surface area contributed by atoms with Gasteiger partial charge in [-0.15, -0.1) is 0 Å². The van der Waals surface area contributed by atoms with Crippen molar-refractivity contribution in [2.45, 2.75) is 32.6 Å². The Morgan fingerprint density at radius 2 is 0.855 bits per heavy atom. The SMILES string of the molecule is CCCCCc1cc2c3c(c1)N(c1c(-c4ccccc4)cc(-c4ccccc4)cc1-c1ccccc1)c1cc(-n4c5ccccc5c5ccccc54)ccc1B3c1ccc(-n3c4ccccc4c4ccccc43)cc1O2. The Hall–Kier alpha value is -9.32. The Kier molecular flexibility index (Phi) is 10.4. The largest absolute Gasteiger partial charge is 0.458 e. The van der Waals surface area contributed by atoms with Crippen molar-refractivity contribution in [3.8, 4) is 56.3 Å². The minimum Gasteiger partial charge on any atom is -0.458 e. The van der Waals surface area contributed by atoms with Gasteiger partial charge in [-0.3, -0.25) is 0 Å². The normalized spacial score (nSPS) is 12.5. The summed E-state index contributed by atoms with van der Waals surface area (Å²) in [6, 6.07) is 92.0. The summed E-state index contributed by atoms with van der Waals surface area (Å²) in [6.45, 7) is 2.17. The molecule has 0 bridgehead atoms. The van der Waals surface area contributed by atoms with E-state index in [1.54, 1.807) is 0 Å². The van der Waals surface area contributed by atoms with Crippen molar-refractivity contribution >= 4 is 83.8 Å². The maximum Gasteiger partial charge on any atom is 0.256 e. The zero-order chi connectivity index (χ0) is 50.3. The number of unbranched alkanes of at least 4 members (excludes halogenated alkanes) is 2. The molecule has 0 spiro atoms. The summed E-state index contributed by atoms with van der Waals surface area (Å²) >= 11 is 0. The van der Waals surface area contributed by atoms with Crippen LogP contribution < -0.4 is 26.0 Å². The minimum absolute atomic E-state index is 0.118. The molecular weight excluding hydrogens is 922 g/mol. The highest BCUT2D eigenvalue weighted by Crippen LogP contribution is 2.51. The molecule has 0 N–H and O–H groups in total. The number of aryl methyl sites for hydroxylation is 1. The predicted molar refractivity (Wildman–Crippen MR) is 321 cm³/mol. The van der Waals surface area contributed by atoms with Gasteiger partial charge in [0.2, 0.25) is 0 Å². The molecule has 15 rings (SSSR count). The molecule has 0 unspecified atom stereocenters. The Labute approximate surface area is 443 Å². The van der Waals surface area contributed by atoms with E-state index in [0.29, 0.717) is 0 Å². The summed E-state index contributed by atoms with van der Waals surface area (Å²) in [5, 5.41) is 4.97. The van der Waals surface area contributed by atoms with Crippen LogP contribution in [0, 0.1) is 0 Å². The molecule has 13 aromatic rings. The highest BCUT2D eigenvalue weighted by molar-refractivity contribution is 6.99. The van der Waals surface area contributed by atoms with Crippen LogP contribution in [-0.2, 0) is 6.42 Å². The van der Waals surface area contributed by atoms with Gasteiger partial charge in [0.15, 0.2) is 0 Å². The van der Waals surface area contributed by atoms with Crippen LogP contribution in [0.3, 0.4) is 0 Å². The van der Waals surface area contributed by atoms with E-state index in [1.165, 1.54) is 71.2 Å². The predicted octanol–water partition coefficient (Wildman–Crippen LogP) is 17.0. The molecule has 0 amide bonds. The van der Waals surface area contributed by atoms with Crippen LogP contribution in [0.4, 0.5) is 17.1 Å². The molecule has 4 nitrogen and oxygen atoms in total. The third-order valence-electron chi connectivity index (χ3n) is 16.2. The fourth-order valence-electron chi connectivity index (χ4n) is 12.8. The molecule has 5 heteroatoms. The third-order valence-corrected chi connectivity index (χ3v) is 16.2. The second kappa shape index (κ2) is 18.0. The number of ether oxygens (including phenoxy) is 1. The number of aromatic nitrogens is 2. The first-order valence-corrected chi connectivity index (χ1v) is 26.9. The lowest BCUT2D eigenvalue weighted by atomic mass is 9.34. The van der Waals surface area contributed by atoms with Gasteiger partial charge in [-0.2, -0.15) is 0 Å². The zero-order valence-electron chi connectivity index (χ0n) is 42.3. The van der Waals surface area contributed by atoms with Gasteiger partial charge in [0.1, 0.15) is 11.5 Å². The first kappa shape index (κ1) is 44.2. The zero-order valence-corrected chi connectivity index (χ0v) is 42.3. The summed E-state index contributed by atoms with van der Waals surface area (Å²) in [4.78, 5) is 2.63. The summed E-state index contributed by atoms with van der Waals surface area (Å²) in [5.41, 5.74) is 22.2. The molecule has 2 aromatic heterocycles. The lowest BCUT2D eigenvalue weighted by Gasteiger charge is -2.42. The molecule has 2 aliphatic heterocycles. The fourth-order valence-corrected chi connectivity index (χ4v) is 12.8. The van der Waals surface area contributed by atoms with Crippen molar-refractivity contribution < 1.29 is 4.74 Å². The van der Waals surface area contributed by atoms with Crippen LogP contribution in [-0.4, -0.2) is 15.8 Å². The number of anilines is 3. The molecule has 0 radical (unpaired) electrons. The van der Waals surface area contributed by atoms with Crippen molar-refractivity contribution in [1.29, 1.82) is 0 Å². The maximum absolute atomic E-state index is 7.47. The second-order valence-electron chi connectivity index (χ2n) is 20.6. The maximum atomic E-state index is 7.47. The van der Waals surface area contributed by atoms with Gasteiger partial charge in [-0.25, -0.2) is 0 Å². The molecule has 0 atom stereocenters. The number of nitrogens with zero attached hydrogens (tertiary/aromatic N) is 3. The van der Waals surface area contributed by atoms with E-state index in [0.717, 1.165) is 93.3 Å². The third kappa shape index (κ3) is 6.99. The van der Waals surface area contributed by atoms with Crippen LogP contribution in [0.1, 0.15) is 31.7 Å². The highest BCUT2D eigenvalue weighted by Gasteiger charge is 2.43. The molecule has 2 aliphatic rings. The van der Waals surface area contributed by atoms with Crippen LogP contribution in [0.25, 0.3) is 88.4 Å². The molecular formula is C71H52BN3O. The Bertz CT molecular complexity index is 4240. The first-order chi connectivity index (χ1) is 37.7. The number of hydrogen-bond acceptors (Lipinski definition) is 2. The van der Waals surface area contributed by atoms with Crippen molar-refractivity contribution in [2.75, 3.05) is 4.90 Å². The summed E-state index contributed by atoms with van der Waals surface area (Å²) < 4.78 is 12.3. The van der Waals surface area contributed by atoms with Crippen molar-refractivity contribution in [3.63, 3.8) is 0 Å². The minimum atomic E-state index is -0.118. The van der Waals surface area contributed by atoms with E-state index in [-0.39, 0.29) is 6.71 Å². The van der Waals surface area contributed by atoms with Crippen LogP contribution in [0.15, 0.2) is 249 Å². The summed E-state index contributed by atoms with van der Waals surface area (Å²) in [7, 11) is 0. The smallest absolute Gasteiger partial charge is 0.256 e. The molecule has 4 heterocycles. The molecule has 76 heavy (non-hydrogen) atoms. The number of hydrogen-bond donors (Lipinski definition) is 0. The van der Waals surface area contributed by atoms with E-state index in [4.69, 9.17) is 4.74 Å². The fraction of sp³-hybridized carbons (Fsp3) is 0.0704. The van der Waals surface area contributed by atoms with E-state index >= 15 is 0 Å². The average Bonchev–Trinajstić information content (AvgIpc) is 4.14. The molecule has 11 aromatic carbocycles. The van der Waals surface area contributed by atoms with E-state index < -0.39 is 0 Å². The van der Waals surface area contributed by atoms with Gasteiger partial charge < -0.3 is 18.8 Å². The second-order valence-corrected chi connectivity index (χ2v) is 20.6. The number of rotatable bonds is 10. The van der Waals surface area contributed by atoms with Crippen molar-refractivity contribution in [1.82, 2.24) is 9.13 Å². The van der Waals surface area contributed by atoms with Crippen LogP contribution in [0.2, 0.25) is 0 Å². The number of benzene rings is 11. The van der Waals surface area contributed by atoms with E-state index in [9.17, 15) is 0 Å². The standard InChI is InChI=1S/C71H52BN3O/c1-2-3-7-22-47-41-67-70-69(42-47)76-68-46-53(74-64-35-20-16-31-56(64)57-32-17-21-36-65(57)74)38-40-61(68)72(70)60-39-37-52(73-62-33-18-14-29-54(62)55-30-15-19-34-63(55)73)45-66(60)75(67)71-58(49-25-10-5-11-26-49)43-51(48-23-8-4-9-24-48)44-59(71)50-27-12-6-13-28-50/h4-6,8-21,23-46H,2-3,7,22H2,1H3. The van der Waals surface area contributed by atoms with Crippen LogP contribution >= 0.6 is 0 Å². The van der Waals surface area contributed by atoms with Gasteiger partial charge in [-0.05, 0) is 124 Å². The van der Waals surface area contributed by atoms with E-state index in [2.05, 4.69) is 270 Å². The monoisotopic (exact) mass is 973 g/mol. The quantitative estimate of drug-likeness (QED) is 0.101. The Balaban J connectivity index is 1.05. The summed E-state index contributed by atoms with van der Waals surface area (Å²) in [6.07, 6.45) is 4.35. The molecule has 0 aliphatic carbocycles. The lowest BCUT2D eigenvalue weighted by Crippen LogP contribution is -2.59. The van der Waals surface area contributed by atoms with Gasteiger partial charge in [0.25, 0.3) is 6.71 Å². The lowest BCUT2D eigenvalue weighted by molar-refractivity contribution is 0.486. The van der Waals surface area contributed by atoms with Gasteiger partial charge in [0, 0.05) is 61.5 Å². The average molecular weight is 974 g/mol. The Morgan fingerprint density at radius 3 is 1.38 bits per heavy atom. The van der Waals surface area contributed by atoms with Gasteiger partial charge >= 0.3 is 0 Å². The van der Waals surface area contributed by atoms with Crippen molar-refractivity contribution in [2.24, 2.45) is 0 Å². The van der Waals surface area contributed by atoms with E-state index in [1.807, 2.05) is 0 Å². The number of fused-ring (bicyclic) bond motifs is 10. The van der Waals surface area contributed by atoms with Crippen molar-refractivity contribution in [3.05, 3.63) is 254 Å². The summed E-state index contributed by atoms with van der Waals surface area (Å²) in [5.74, 6) is 1.81. The molecule has 0 fully saturated rings. The van der Waals surface area contributed by atoms with Gasteiger partial charge in [-0.1, -0.05) is 196 Å². The van der Waals surface area contributed by atoms with Gasteiger partial charge in [0.05, 0.1) is 27.8 Å². The first-order valence-electron chi connectivity index (χ1n) is 26.9. The molecule has 0 saturated carbocycles.